The van der Waals surface area contributed by atoms with Crippen LogP contribution in [0.5, 0.6) is 0 Å². The first-order valence-corrected chi connectivity index (χ1v) is 6.88. The van der Waals surface area contributed by atoms with Gasteiger partial charge in [0, 0.05) is 6.04 Å². The van der Waals surface area contributed by atoms with Crippen molar-refractivity contribution in [3.63, 3.8) is 0 Å². The number of benzene rings is 1. The molecule has 0 aliphatic heterocycles. The van der Waals surface area contributed by atoms with Crippen LogP contribution in [0.4, 0.5) is 0 Å². The van der Waals surface area contributed by atoms with Gasteiger partial charge in [0.15, 0.2) is 0 Å². The van der Waals surface area contributed by atoms with Crippen LogP contribution in [-0.2, 0) is 4.79 Å². The predicted molar refractivity (Wildman–Crippen MR) is 78.4 cm³/mol. The maximum atomic E-state index is 11.5. The number of aliphatic carboxylic acids is 1. The molecule has 0 bridgehead atoms. The second-order valence-electron chi connectivity index (χ2n) is 5.61. The van der Waals surface area contributed by atoms with E-state index in [-0.39, 0.29) is 6.04 Å². The van der Waals surface area contributed by atoms with Gasteiger partial charge in [0.25, 0.3) is 0 Å². The highest BCUT2D eigenvalue weighted by molar-refractivity contribution is 5.78. The highest BCUT2D eigenvalue weighted by Gasteiger charge is 2.33. The molecule has 2 atom stereocenters. The van der Waals surface area contributed by atoms with Crippen LogP contribution in [-0.4, -0.2) is 16.6 Å². The number of carboxylic acid groups (broad SMARTS) is 1. The van der Waals surface area contributed by atoms with Crippen molar-refractivity contribution < 1.29 is 9.90 Å². The van der Waals surface area contributed by atoms with Crippen LogP contribution in [0, 0.1) is 13.8 Å². The van der Waals surface area contributed by atoms with E-state index in [0.717, 1.165) is 12.0 Å². The molecule has 3 nitrogen and oxygen atoms in total. The van der Waals surface area contributed by atoms with Crippen molar-refractivity contribution in [1.29, 1.82) is 0 Å². The molecule has 0 amide bonds. The number of carbonyl (C=O) groups is 1. The molecule has 1 rings (SSSR count). The second-order valence-corrected chi connectivity index (χ2v) is 5.61. The first-order chi connectivity index (χ1) is 8.80. The zero-order chi connectivity index (χ0) is 14.6. The van der Waals surface area contributed by atoms with Crippen molar-refractivity contribution in [2.45, 2.75) is 59.0 Å². The average Bonchev–Trinajstić information content (AvgIpc) is 2.28. The molecule has 3 heteroatoms. The number of rotatable bonds is 6. The Morgan fingerprint density at radius 1 is 1.42 bits per heavy atom. The van der Waals surface area contributed by atoms with Crippen LogP contribution in [0.25, 0.3) is 0 Å². The number of carboxylic acids is 1. The first kappa shape index (κ1) is 15.7. The van der Waals surface area contributed by atoms with Crippen molar-refractivity contribution in [2.24, 2.45) is 0 Å². The molecule has 106 valence electrons. The van der Waals surface area contributed by atoms with Gasteiger partial charge in [-0.25, -0.2) is 0 Å². The van der Waals surface area contributed by atoms with Crippen molar-refractivity contribution in [3.05, 3.63) is 34.9 Å². The van der Waals surface area contributed by atoms with E-state index < -0.39 is 11.5 Å². The summed E-state index contributed by atoms with van der Waals surface area (Å²) in [6, 6.07) is 6.30. The molecule has 19 heavy (non-hydrogen) atoms. The number of hydrogen-bond acceptors (Lipinski definition) is 2. The molecule has 0 saturated carbocycles. The molecule has 0 aromatic heterocycles. The van der Waals surface area contributed by atoms with Gasteiger partial charge >= 0.3 is 5.97 Å². The number of hydrogen-bond donors (Lipinski definition) is 2. The summed E-state index contributed by atoms with van der Waals surface area (Å²) in [5.74, 6) is -0.786. The van der Waals surface area contributed by atoms with E-state index >= 15 is 0 Å². The standard InChI is InChI=1S/C16H25NO2/c1-6-9-16(5,15(18)19)17-13(4)14-8-7-11(2)10-12(14)3/h7-8,10,13,17H,6,9H2,1-5H3,(H,18,19). The van der Waals surface area contributed by atoms with Crippen LogP contribution in [0.3, 0.4) is 0 Å². The Morgan fingerprint density at radius 3 is 2.53 bits per heavy atom. The molecule has 0 spiro atoms. The van der Waals surface area contributed by atoms with Gasteiger partial charge < -0.3 is 5.11 Å². The van der Waals surface area contributed by atoms with Crippen molar-refractivity contribution in [3.8, 4) is 0 Å². The van der Waals surface area contributed by atoms with Crippen LogP contribution >= 0.6 is 0 Å². The third-order valence-corrected chi connectivity index (χ3v) is 3.65. The Bertz CT molecular complexity index is 456. The van der Waals surface area contributed by atoms with E-state index in [9.17, 15) is 9.90 Å². The predicted octanol–water partition coefficient (Wildman–Crippen LogP) is 3.60. The van der Waals surface area contributed by atoms with E-state index in [4.69, 9.17) is 0 Å². The van der Waals surface area contributed by atoms with Crippen LogP contribution in [0.15, 0.2) is 18.2 Å². The Hall–Kier alpha value is -1.35. The minimum absolute atomic E-state index is 0.0215. The Kier molecular flexibility index (Phi) is 5.12. The fraction of sp³-hybridized carbons (Fsp3) is 0.562. The number of nitrogens with one attached hydrogen (secondary N) is 1. The summed E-state index contributed by atoms with van der Waals surface area (Å²) in [5, 5.41) is 12.7. The van der Waals surface area contributed by atoms with Crippen LogP contribution in [0.1, 0.15) is 56.3 Å². The summed E-state index contributed by atoms with van der Waals surface area (Å²) in [4.78, 5) is 11.5. The van der Waals surface area contributed by atoms with E-state index in [2.05, 4.69) is 37.4 Å². The first-order valence-electron chi connectivity index (χ1n) is 6.88. The van der Waals surface area contributed by atoms with Gasteiger partial charge in [-0.1, -0.05) is 37.1 Å². The zero-order valence-corrected chi connectivity index (χ0v) is 12.6. The summed E-state index contributed by atoms with van der Waals surface area (Å²) in [6.45, 7) is 9.92. The average molecular weight is 263 g/mol. The Morgan fingerprint density at radius 2 is 2.05 bits per heavy atom. The van der Waals surface area contributed by atoms with Gasteiger partial charge in [0.05, 0.1) is 0 Å². The molecule has 0 heterocycles. The molecule has 1 aromatic carbocycles. The fourth-order valence-corrected chi connectivity index (χ4v) is 2.61. The van der Waals surface area contributed by atoms with Crippen molar-refractivity contribution in [2.75, 3.05) is 0 Å². The SMILES string of the molecule is CCCC(C)(NC(C)c1ccc(C)cc1C)C(=O)O. The summed E-state index contributed by atoms with van der Waals surface area (Å²) >= 11 is 0. The van der Waals surface area contributed by atoms with Crippen molar-refractivity contribution in [1.82, 2.24) is 5.32 Å². The molecular formula is C16H25NO2. The normalized spacial score (nSPS) is 15.8. The zero-order valence-electron chi connectivity index (χ0n) is 12.6. The Labute approximate surface area is 116 Å². The van der Waals surface area contributed by atoms with Crippen LogP contribution in [0.2, 0.25) is 0 Å². The maximum absolute atomic E-state index is 11.5. The lowest BCUT2D eigenvalue weighted by atomic mass is 9.92. The van der Waals surface area contributed by atoms with E-state index in [0.29, 0.717) is 6.42 Å². The summed E-state index contributed by atoms with van der Waals surface area (Å²) in [5.41, 5.74) is 2.72. The van der Waals surface area contributed by atoms with E-state index in [1.54, 1.807) is 6.92 Å². The molecular weight excluding hydrogens is 238 g/mol. The largest absolute Gasteiger partial charge is 0.480 e. The van der Waals surface area contributed by atoms with Gasteiger partial charge in [0.1, 0.15) is 5.54 Å². The summed E-state index contributed by atoms with van der Waals surface area (Å²) < 4.78 is 0. The van der Waals surface area contributed by atoms with Crippen LogP contribution < -0.4 is 5.32 Å². The molecule has 0 fully saturated rings. The lowest BCUT2D eigenvalue weighted by Crippen LogP contribution is -2.50. The summed E-state index contributed by atoms with van der Waals surface area (Å²) in [6.07, 6.45) is 1.47. The molecule has 2 unspecified atom stereocenters. The number of aryl methyl sites for hydroxylation is 2. The van der Waals surface area contributed by atoms with E-state index in [1.807, 2.05) is 13.8 Å². The highest BCUT2D eigenvalue weighted by Crippen LogP contribution is 2.23. The van der Waals surface area contributed by atoms with Gasteiger partial charge in [-0.15, -0.1) is 0 Å². The molecule has 0 radical (unpaired) electrons. The quantitative estimate of drug-likeness (QED) is 0.824. The van der Waals surface area contributed by atoms with Gasteiger partial charge in [-0.05, 0) is 45.2 Å². The Balaban J connectivity index is 2.94. The summed E-state index contributed by atoms with van der Waals surface area (Å²) in [7, 11) is 0. The minimum atomic E-state index is -0.870. The fourth-order valence-electron chi connectivity index (χ4n) is 2.61. The lowest BCUT2D eigenvalue weighted by Gasteiger charge is -2.30. The van der Waals surface area contributed by atoms with Gasteiger partial charge in [0.2, 0.25) is 0 Å². The van der Waals surface area contributed by atoms with E-state index in [1.165, 1.54) is 11.1 Å². The molecule has 0 aliphatic rings. The van der Waals surface area contributed by atoms with Gasteiger partial charge in [-0.2, -0.15) is 0 Å². The highest BCUT2D eigenvalue weighted by atomic mass is 16.4. The third kappa shape index (κ3) is 3.80. The monoisotopic (exact) mass is 263 g/mol. The van der Waals surface area contributed by atoms with Crippen molar-refractivity contribution >= 4 is 5.97 Å². The lowest BCUT2D eigenvalue weighted by molar-refractivity contribution is -0.144. The maximum Gasteiger partial charge on any atom is 0.323 e. The third-order valence-electron chi connectivity index (χ3n) is 3.65. The molecule has 1 aromatic rings. The molecule has 0 aliphatic carbocycles. The smallest absolute Gasteiger partial charge is 0.323 e. The molecule has 2 N–H and O–H groups in total. The minimum Gasteiger partial charge on any atom is -0.480 e. The second kappa shape index (κ2) is 6.20. The topological polar surface area (TPSA) is 49.3 Å². The molecule has 0 saturated heterocycles. The van der Waals surface area contributed by atoms with Gasteiger partial charge in [-0.3, -0.25) is 10.1 Å².